The molecule has 0 saturated heterocycles. The maximum atomic E-state index is 11.9. The first-order valence-electron chi connectivity index (χ1n) is 8.80. The molecule has 6 radical (unpaired) electrons. The van der Waals surface area contributed by atoms with Gasteiger partial charge in [0.05, 0.1) is 29.6 Å². The highest BCUT2D eigenvalue weighted by atomic mass is 16.5. The molecule has 0 bridgehead atoms. The second-order valence-electron chi connectivity index (χ2n) is 6.43. The fourth-order valence-corrected chi connectivity index (χ4v) is 2.17. The molecule has 0 aromatic heterocycles. The van der Waals surface area contributed by atoms with Crippen LogP contribution >= 0.6 is 0 Å². The van der Waals surface area contributed by atoms with Crippen molar-refractivity contribution in [3.05, 3.63) is 0 Å². The lowest BCUT2D eigenvalue weighted by atomic mass is 9.48. The molecule has 1 amide bonds. The minimum atomic E-state index is -1.97. The number of nitrogens with one attached hydrogen (secondary N) is 2. The van der Waals surface area contributed by atoms with Crippen molar-refractivity contribution in [2.45, 2.75) is 77.1 Å². The molecule has 6 nitrogen and oxygen atoms in total. The van der Waals surface area contributed by atoms with Crippen molar-refractivity contribution in [1.82, 2.24) is 10.2 Å². The van der Waals surface area contributed by atoms with Crippen LogP contribution in [0.2, 0.25) is 0 Å². The van der Waals surface area contributed by atoms with Gasteiger partial charge in [-0.05, 0) is 20.3 Å². The average Bonchev–Trinajstić information content (AvgIpc) is 2.46. The van der Waals surface area contributed by atoms with Gasteiger partial charge < -0.3 is 9.64 Å². The first kappa shape index (κ1) is 23.6. The van der Waals surface area contributed by atoms with Gasteiger partial charge in [-0.2, -0.15) is 0 Å². The highest BCUT2D eigenvalue weighted by Crippen LogP contribution is 2.08. The molecule has 0 unspecified atom stereocenters. The zero-order valence-electron chi connectivity index (χ0n) is 15.6. The van der Waals surface area contributed by atoms with E-state index in [9.17, 15) is 9.59 Å². The molecule has 134 valence electrons. The highest BCUT2D eigenvalue weighted by molar-refractivity contribution is 6.59. The van der Waals surface area contributed by atoms with Crippen molar-refractivity contribution in [3.8, 4) is 0 Å². The van der Waals surface area contributed by atoms with E-state index in [4.69, 9.17) is 33.7 Å². The number of hydrogen-bond donors (Lipinski definition) is 2. The Morgan fingerprint density at radius 2 is 1.68 bits per heavy atom. The monoisotopic (exact) mass is 343 g/mol. The Hall–Kier alpha value is -1.40. The van der Waals surface area contributed by atoms with Crippen molar-refractivity contribution in [2.24, 2.45) is 0 Å². The summed E-state index contributed by atoms with van der Waals surface area (Å²) in [4.78, 5) is 24.6. The molecular formula is C16H28B3N3O3. The Morgan fingerprint density at radius 1 is 1.12 bits per heavy atom. The summed E-state index contributed by atoms with van der Waals surface area (Å²) >= 11 is 0. The number of amides is 1. The van der Waals surface area contributed by atoms with Crippen molar-refractivity contribution in [1.29, 1.82) is 5.41 Å². The Kier molecular flexibility index (Phi) is 11.4. The van der Waals surface area contributed by atoms with Crippen LogP contribution < -0.4 is 5.32 Å². The molecule has 0 aliphatic rings. The number of nitrogens with zero attached hydrogens (tertiary/aromatic N) is 1. The molecule has 0 aromatic carbocycles. The molecular weight excluding hydrogens is 315 g/mol. The zero-order valence-corrected chi connectivity index (χ0v) is 15.6. The first-order valence-corrected chi connectivity index (χ1v) is 8.80. The lowest BCUT2D eigenvalue weighted by Gasteiger charge is -2.38. The van der Waals surface area contributed by atoms with Gasteiger partial charge in [0.25, 0.3) is 0 Å². The SMILES string of the molecule is [B]C([B])([B])N(CC(=O)OC(C)C)C(=N)NC(=O)CCCCCCCC. The lowest BCUT2D eigenvalue weighted by Crippen LogP contribution is -2.59. The Balaban J connectivity index is 4.42. The van der Waals surface area contributed by atoms with E-state index in [2.05, 4.69) is 12.2 Å². The van der Waals surface area contributed by atoms with Gasteiger partial charge in [0.15, 0.2) is 5.96 Å². The second-order valence-corrected chi connectivity index (χ2v) is 6.43. The number of guanidine groups is 1. The molecule has 0 fully saturated rings. The Morgan fingerprint density at radius 3 is 2.20 bits per heavy atom. The molecule has 0 atom stereocenters. The summed E-state index contributed by atoms with van der Waals surface area (Å²) in [6, 6.07) is 0. The molecule has 0 spiro atoms. The van der Waals surface area contributed by atoms with E-state index in [0.717, 1.165) is 30.6 Å². The largest absolute Gasteiger partial charge is 0.462 e. The fraction of sp³-hybridized carbons (Fsp3) is 0.812. The zero-order chi connectivity index (χ0) is 19.5. The lowest BCUT2D eigenvalue weighted by molar-refractivity contribution is -0.148. The summed E-state index contributed by atoms with van der Waals surface area (Å²) in [6.45, 7) is 5.10. The van der Waals surface area contributed by atoms with Crippen molar-refractivity contribution in [2.75, 3.05) is 6.54 Å². The van der Waals surface area contributed by atoms with Crippen LogP contribution in [0.25, 0.3) is 0 Å². The molecule has 9 heteroatoms. The van der Waals surface area contributed by atoms with E-state index in [0.29, 0.717) is 0 Å². The summed E-state index contributed by atoms with van der Waals surface area (Å²) in [7, 11) is 16.8. The van der Waals surface area contributed by atoms with Crippen molar-refractivity contribution < 1.29 is 14.3 Å². The van der Waals surface area contributed by atoms with E-state index in [1.54, 1.807) is 13.8 Å². The van der Waals surface area contributed by atoms with Crippen LogP contribution in [0, 0.1) is 5.41 Å². The van der Waals surface area contributed by atoms with E-state index in [1.165, 1.54) is 12.8 Å². The van der Waals surface area contributed by atoms with Crippen LogP contribution in [0.1, 0.15) is 65.7 Å². The molecule has 0 heterocycles. The third-order valence-corrected chi connectivity index (χ3v) is 3.41. The molecule has 0 saturated carbocycles. The summed E-state index contributed by atoms with van der Waals surface area (Å²) in [5.41, 5.74) is 0. The molecule has 0 aliphatic heterocycles. The topological polar surface area (TPSA) is 82.5 Å². The number of esters is 1. The van der Waals surface area contributed by atoms with E-state index >= 15 is 0 Å². The summed E-state index contributed by atoms with van der Waals surface area (Å²) in [5.74, 6) is -1.41. The molecule has 0 rings (SSSR count). The van der Waals surface area contributed by atoms with Crippen LogP contribution in [-0.4, -0.2) is 64.2 Å². The molecule has 25 heavy (non-hydrogen) atoms. The van der Waals surface area contributed by atoms with E-state index in [1.807, 2.05) is 0 Å². The Bertz CT molecular complexity index is 440. The van der Waals surface area contributed by atoms with Gasteiger partial charge in [-0.15, -0.1) is 0 Å². The van der Waals surface area contributed by atoms with Gasteiger partial charge in [0.1, 0.15) is 6.54 Å². The van der Waals surface area contributed by atoms with E-state index < -0.39 is 23.7 Å². The van der Waals surface area contributed by atoms with Crippen LogP contribution in [-0.2, 0) is 14.3 Å². The van der Waals surface area contributed by atoms with Crippen molar-refractivity contribution in [3.63, 3.8) is 0 Å². The quantitative estimate of drug-likeness (QED) is 0.194. The first-order chi connectivity index (χ1) is 11.6. The fourth-order valence-electron chi connectivity index (χ4n) is 2.17. The minimum absolute atomic E-state index is 0.283. The number of carbonyl (C=O) groups is 2. The van der Waals surface area contributed by atoms with Gasteiger partial charge in [-0.3, -0.25) is 20.3 Å². The van der Waals surface area contributed by atoms with Gasteiger partial charge in [0, 0.05) is 6.42 Å². The average molecular weight is 343 g/mol. The number of unbranched alkanes of at least 4 members (excludes halogenated alkanes) is 5. The smallest absolute Gasteiger partial charge is 0.325 e. The highest BCUT2D eigenvalue weighted by Gasteiger charge is 2.26. The summed E-state index contributed by atoms with van der Waals surface area (Å²) in [5, 5.41) is 8.32. The number of rotatable bonds is 11. The van der Waals surface area contributed by atoms with Crippen LogP contribution in [0.5, 0.6) is 0 Å². The standard InChI is InChI=1S/C16H28B3N3O3/c1-4-5-6-7-8-9-10-13(23)21-15(20)22(16(17,18)19)11-14(24)25-12(2)3/h12H,4-11H2,1-3H3,(H2,20,21,23). The van der Waals surface area contributed by atoms with Crippen LogP contribution in [0.15, 0.2) is 0 Å². The van der Waals surface area contributed by atoms with Gasteiger partial charge in [-0.1, -0.05) is 44.3 Å². The minimum Gasteiger partial charge on any atom is -0.462 e. The van der Waals surface area contributed by atoms with Gasteiger partial charge >= 0.3 is 5.97 Å². The molecule has 0 aliphatic carbocycles. The second kappa shape index (κ2) is 12.0. The maximum Gasteiger partial charge on any atom is 0.325 e. The van der Waals surface area contributed by atoms with E-state index in [-0.39, 0.29) is 18.4 Å². The normalized spacial score (nSPS) is 11.2. The van der Waals surface area contributed by atoms with Crippen LogP contribution in [0.4, 0.5) is 0 Å². The van der Waals surface area contributed by atoms with Crippen molar-refractivity contribution >= 4 is 41.4 Å². The summed E-state index contributed by atoms with van der Waals surface area (Å²) in [6.07, 6.45) is 6.27. The Labute approximate surface area is 155 Å². The third-order valence-electron chi connectivity index (χ3n) is 3.41. The number of ether oxygens (including phenoxy) is 1. The predicted octanol–water partition coefficient (Wildman–Crippen LogP) is 1.16. The van der Waals surface area contributed by atoms with Crippen LogP contribution in [0.3, 0.4) is 0 Å². The maximum absolute atomic E-state index is 11.9. The molecule has 0 aromatic rings. The van der Waals surface area contributed by atoms with Gasteiger partial charge in [0.2, 0.25) is 5.91 Å². The number of hydrogen-bond acceptors (Lipinski definition) is 4. The predicted molar refractivity (Wildman–Crippen MR) is 102 cm³/mol. The number of carbonyl (C=O) groups excluding carboxylic acids is 2. The summed E-state index contributed by atoms with van der Waals surface area (Å²) < 4.78 is 4.99. The van der Waals surface area contributed by atoms with Gasteiger partial charge in [-0.25, -0.2) is 0 Å². The third kappa shape index (κ3) is 11.7. The molecule has 2 N–H and O–H groups in total.